The zero-order chi connectivity index (χ0) is 28.0. The molecule has 0 aliphatic carbocycles. The Morgan fingerprint density at radius 3 is 2.58 bits per heavy atom. The monoisotopic (exact) mass is 565 g/mol. The molecule has 0 radical (unpaired) electrons. The van der Waals surface area contributed by atoms with E-state index in [4.69, 9.17) is 5.11 Å². The second kappa shape index (κ2) is 9.90. The van der Waals surface area contributed by atoms with Gasteiger partial charge in [0.15, 0.2) is 11.1 Å². The summed E-state index contributed by atoms with van der Waals surface area (Å²) in [6, 6.07) is 6.88. The molecule has 0 amide bonds. The van der Waals surface area contributed by atoms with Crippen LogP contribution in [-0.2, 0) is 21.4 Å². The van der Waals surface area contributed by atoms with Crippen molar-refractivity contribution in [1.29, 1.82) is 0 Å². The van der Waals surface area contributed by atoms with Crippen LogP contribution in [0.25, 0.3) is 11.0 Å². The molecular weight excluding hydrogens is 538 g/mol. The highest BCUT2D eigenvalue weighted by atomic mass is 32.3. The molecule has 0 spiro atoms. The van der Waals surface area contributed by atoms with Gasteiger partial charge >= 0.3 is 5.97 Å². The Bertz CT molecular complexity index is 1630. The van der Waals surface area contributed by atoms with Gasteiger partial charge in [-0.25, -0.2) is 13.4 Å². The molecule has 1 aliphatic rings. The van der Waals surface area contributed by atoms with Gasteiger partial charge in [0.1, 0.15) is 21.9 Å². The van der Waals surface area contributed by atoms with Gasteiger partial charge in [-0.2, -0.15) is 0 Å². The first-order valence-electron chi connectivity index (χ1n) is 11.5. The number of carboxylic acids is 1. The van der Waals surface area contributed by atoms with Crippen LogP contribution in [0.2, 0.25) is 0 Å². The number of rotatable bonds is 8. The van der Waals surface area contributed by atoms with Crippen LogP contribution in [-0.4, -0.2) is 54.3 Å². The van der Waals surface area contributed by atoms with Gasteiger partial charge in [0.25, 0.3) is 5.56 Å². The van der Waals surface area contributed by atoms with E-state index in [9.17, 15) is 32.2 Å². The van der Waals surface area contributed by atoms with Crippen molar-refractivity contribution >= 4 is 55.0 Å². The highest BCUT2D eigenvalue weighted by Gasteiger charge is 2.32. The first-order chi connectivity index (χ1) is 17.7. The molecule has 1 unspecified atom stereocenters. The number of fused-ring (bicyclic) bond motifs is 2. The standard InChI is InChI=1S/C23H27N5O8S2/c1-12(2)8-10-28-21-15(5-4-9-24-21)19(29)18(22(28)30)20-25-16-7-6-14(11-17(16)38(35,36)27-20)26-37(33,34)13(3)23(31)32/h4-7,9,11-13,26,29,35-36H,8,10H2,1-3H3,(H,25,27)(H,31,32). The normalized spacial score (nSPS) is 16.3. The quantitative estimate of drug-likeness (QED) is 0.235. The molecule has 3 aromatic rings. The minimum Gasteiger partial charge on any atom is -0.506 e. The van der Waals surface area contributed by atoms with Gasteiger partial charge in [0.2, 0.25) is 10.0 Å². The van der Waals surface area contributed by atoms with Gasteiger partial charge in [-0.1, -0.05) is 24.6 Å². The van der Waals surface area contributed by atoms with Gasteiger partial charge in [-0.3, -0.25) is 28.0 Å². The molecule has 15 heteroatoms. The van der Waals surface area contributed by atoms with Crippen molar-refractivity contribution in [3.63, 3.8) is 0 Å². The Morgan fingerprint density at radius 2 is 1.92 bits per heavy atom. The molecule has 2 aromatic heterocycles. The van der Waals surface area contributed by atoms with E-state index in [2.05, 4.69) is 19.4 Å². The Hall–Kier alpha value is -3.66. The van der Waals surface area contributed by atoms with Crippen molar-refractivity contribution in [1.82, 2.24) is 9.55 Å². The van der Waals surface area contributed by atoms with Crippen LogP contribution in [0, 0.1) is 5.92 Å². The predicted octanol–water partition coefficient (Wildman–Crippen LogP) is 3.26. The minimum absolute atomic E-state index is 0.100. The third-order valence-electron chi connectivity index (χ3n) is 5.98. The second-order valence-electron chi connectivity index (χ2n) is 9.16. The zero-order valence-corrected chi connectivity index (χ0v) is 22.2. The van der Waals surface area contributed by atoms with E-state index in [1.54, 1.807) is 12.1 Å². The Labute approximate surface area is 219 Å². The number of aliphatic carboxylic acids is 1. The van der Waals surface area contributed by atoms with Crippen LogP contribution in [0.1, 0.15) is 32.8 Å². The number of carbonyl (C=O) groups is 1. The fourth-order valence-corrected chi connectivity index (χ4v) is 5.90. The first-order valence-corrected chi connectivity index (χ1v) is 14.5. The number of amidine groups is 1. The van der Waals surface area contributed by atoms with Crippen LogP contribution >= 0.6 is 10.8 Å². The fourth-order valence-electron chi connectivity index (χ4n) is 3.81. The number of aryl methyl sites for hydroxylation is 1. The molecule has 0 fully saturated rings. The van der Waals surface area contributed by atoms with E-state index in [-0.39, 0.29) is 44.6 Å². The van der Waals surface area contributed by atoms with E-state index < -0.39 is 43.3 Å². The van der Waals surface area contributed by atoms with Crippen molar-refractivity contribution in [2.75, 3.05) is 10.0 Å². The average molecular weight is 566 g/mol. The lowest BCUT2D eigenvalue weighted by molar-refractivity contribution is -0.136. The smallest absolute Gasteiger partial charge is 0.323 e. The molecule has 1 atom stereocenters. The molecule has 204 valence electrons. The van der Waals surface area contributed by atoms with Crippen LogP contribution in [0.3, 0.4) is 0 Å². The number of hydrogen-bond acceptors (Lipinski definition) is 10. The first kappa shape index (κ1) is 27.4. The van der Waals surface area contributed by atoms with Gasteiger partial charge in [0, 0.05) is 12.7 Å². The summed E-state index contributed by atoms with van der Waals surface area (Å²) in [7, 11) is -8.30. The number of nitrogens with one attached hydrogen (secondary N) is 2. The molecule has 6 N–H and O–H groups in total. The summed E-state index contributed by atoms with van der Waals surface area (Å²) in [6.07, 6.45) is 2.14. The summed E-state index contributed by atoms with van der Waals surface area (Å²) in [5.74, 6) is -2.00. The van der Waals surface area contributed by atoms with Gasteiger partial charge < -0.3 is 15.5 Å². The number of pyridine rings is 2. The Balaban J connectivity index is 1.80. The summed E-state index contributed by atoms with van der Waals surface area (Å²) in [6.45, 7) is 5.29. The second-order valence-corrected chi connectivity index (χ2v) is 12.8. The molecule has 0 saturated heterocycles. The Morgan fingerprint density at radius 1 is 1.21 bits per heavy atom. The maximum Gasteiger partial charge on any atom is 0.323 e. The fraction of sp³-hybridized carbons (Fsp3) is 0.304. The molecule has 4 rings (SSSR count). The number of anilines is 2. The van der Waals surface area contributed by atoms with Gasteiger partial charge in [0.05, 0.1) is 16.8 Å². The third kappa shape index (κ3) is 5.05. The third-order valence-corrected chi connectivity index (χ3v) is 9.00. The minimum atomic E-state index is -4.32. The van der Waals surface area contributed by atoms with E-state index in [0.29, 0.717) is 13.0 Å². The topological polar surface area (TPSA) is 203 Å². The maximum absolute atomic E-state index is 13.5. The van der Waals surface area contributed by atoms with E-state index in [0.717, 1.165) is 13.0 Å². The number of hydrogen-bond donors (Lipinski definition) is 6. The molecule has 1 aliphatic heterocycles. The largest absolute Gasteiger partial charge is 0.506 e. The highest BCUT2D eigenvalue weighted by Crippen LogP contribution is 2.56. The van der Waals surface area contributed by atoms with Gasteiger partial charge in [-0.15, -0.1) is 4.40 Å². The predicted molar refractivity (Wildman–Crippen MR) is 144 cm³/mol. The lowest BCUT2D eigenvalue weighted by atomic mass is 10.1. The van der Waals surface area contributed by atoms with Crippen molar-refractivity contribution < 1.29 is 32.5 Å². The molecule has 38 heavy (non-hydrogen) atoms. The summed E-state index contributed by atoms with van der Waals surface area (Å²) in [4.78, 5) is 28.7. The Kier molecular flexibility index (Phi) is 7.13. The maximum atomic E-state index is 13.5. The number of carboxylic acid groups (broad SMARTS) is 1. The SMILES string of the molecule is CC(C)CCn1c(=O)c(C2=NS(O)(O)c3cc(NS(=O)(=O)C(C)C(=O)O)ccc3N2)c(O)c2cccnc21. The zero-order valence-electron chi connectivity index (χ0n) is 20.6. The summed E-state index contributed by atoms with van der Waals surface area (Å²) in [5.41, 5.74) is -0.655. The highest BCUT2D eigenvalue weighted by molar-refractivity contribution is 8.23. The number of benzene rings is 1. The van der Waals surface area contributed by atoms with Crippen molar-refractivity contribution in [3.8, 4) is 5.75 Å². The van der Waals surface area contributed by atoms with Crippen LogP contribution < -0.4 is 15.6 Å². The number of aromatic hydroxyl groups is 1. The van der Waals surface area contributed by atoms with Crippen molar-refractivity contribution in [3.05, 3.63) is 52.4 Å². The summed E-state index contributed by atoms with van der Waals surface area (Å²) < 4.78 is 53.7. The van der Waals surface area contributed by atoms with Crippen molar-refractivity contribution in [2.45, 2.75) is 43.9 Å². The van der Waals surface area contributed by atoms with Gasteiger partial charge in [-0.05, 0) is 49.6 Å². The number of aromatic nitrogens is 2. The van der Waals surface area contributed by atoms with Crippen LogP contribution in [0.4, 0.5) is 11.4 Å². The average Bonchev–Trinajstić information content (AvgIpc) is 2.83. The number of sulfonamides is 1. The lowest BCUT2D eigenvalue weighted by Gasteiger charge is -2.34. The number of nitrogens with zero attached hydrogens (tertiary/aromatic N) is 3. The summed E-state index contributed by atoms with van der Waals surface area (Å²) in [5, 5.41) is 21.4. The molecule has 3 heterocycles. The van der Waals surface area contributed by atoms with Crippen molar-refractivity contribution in [2.24, 2.45) is 10.3 Å². The van der Waals surface area contributed by atoms with E-state index in [1.165, 1.54) is 22.9 Å². The molecule has 13 nitrogen and oxygen atoms in total. The van der Waals surface area contributed by atoms with Crippen LogP contribution in [0.5, 0.6) is 5.75 Å². The lowest BCUT2D eigenvalue weighted by Crippen LogP contribution is -2.33. The molecule has 1 aromatic carbocycles. The van der Waals surface area contributed by atoms with Crippen LogP contribution in [0.15, 0.2) is 50.6 Å². The van der Waals surface area contributed by atoms with E-state index in [1.807, 2.05) is 13.8 Å². The molecular formula is C23H27N5O8S2. The molecule has 0 saturated carbocycles. The molecule has 0 bridgehead atoms. The summed E-state index contributed by atoms with van der Waals surface area (Å²) >= 11 is 0. The van der Waals surface area contributed by atoms with E-state index >= 15 is 0 Å².